The van der Waals surface area contributed by atoms with Crippen molar-refractivity contribution in [1.29, 1.82) is 0 Å². The van der Waals surface area contributed by atoms with Crippen LogP contribution in [0.25, 0.3) is 0 Å². The van der Waals surface area contributed by atoms with Crippen LogP contribution in [0.5, 0.6) is 23.0 Å². The Bertz CT molecular complexity index is 912. The van der Waals surface area contributed by atoms with Gasteiger partial charge in [-0.1, -0.05) is 12.1 Å². The number of aliphatic hydroxyl groups is 2. The average molecular weight is 402 g/mol. The Balaban J connectivity index is 1.61. The fourth-order valence-corrected chi connectivity index (χ4v) is 3.79. The van der Waals surface area contributed by atoms with Crippen LogP contribution in [0.15, 0.2) is 36.4 Å². The van der Waals surface area contributed by atoms with E-state index in [4.69, 9.17) is 23.7 Å². The van der Waals surface area contributed by atoms with Gasteiger partial charge in [-0.2, -0.15) is 0 Å². The van der Waals surface area contributed by atoms with Gasteiger partial charge in [0, 0.05) is 5.92 Å². The lowest BCUT2D eigenvalue weighted by Crippen LogP contribution is -2.28. The summed E-state index contributed by atoms with van der Waals surface area (Å²) in [4.78, 5) is 12.4. The molecule has 1 saturated heterocycles. The summed E-state index contributed by atoms with van der Waals surface area (Å²) in [7, 11) is 3.03. The maximum atomic E-state index is 12.4. The van der Waals surface area contributed by atoms with E-state index in [1.54, 1.807) is 36.4 Å². The molecule has 154 valence electrons. The van der Waals surface area contributed by atoms with Gasteiger partial charge in [0.2, 0.25) is 6.79 Å². The zero-order chi connectivity index (χ0) is 20.5. The van der Waals surface area contributed by atoms with Gasteiger partial charge in [0.05, 0.1) is 39.0 Å². The first-order chi connectivity index (χ1) is 14.0. The predicted octanol–water partition coefficient (Wildman–Crippen LogP) is 1.99. The second kappa shape index (κ2) is 7.81. The number of esters is 1. The van der Waals surface area contributed by atoms with Crippen LogP contribution < -0.4 is 18.9 Å². The number of carbonyl (C=O) groups excluding carboxylic acids is 1. The molecular weight excluding hydrogens is 380 g/mol. The maximum absolute atomic E-state index is 12.4. The van der Waals surface area contributed by atoms with Crippen LogP contribution in [0.2, 0.25) is 0 Å². The van der Waals surface area contributed by atoms with Crippen LogP contribution in [0, 0.1) is 11.8 Å². The van der Waals surface area contributed by atoms with E-state index < -0.39 is 30.0 Å². The smallest absolute Gasteiger partial charge is 0.312 e. The van der Waals surface area contributed by atoms with Crippen LogP contribution in [0.3, 0.4) is 0 Å². The molecule has 8 heteroatoms. The minimum atomic E-state index is -1.17. The molecule has 4 atom stereocenters. The summed E-state index contributed by atoms with van der Waals surface area (Å²) in [5, 5.41) is 21.9. The van der Waals surface area contributed by atoms with Crippen molar-refractivity contribution in [2.24, 2.45) is 11.8 Å². The first kappa shape index (κ1) is 19.4. The summed E-state index contributed by atoms with van der Waals surface area (Å²) in [5.41, 5.74) is 1.02. The van der Waals surface area contributed by atoms with E-state index >= 15 is 0 Å². The Labute approximate surface area is 167 Å². The molecule has 2 aromatic rings. The van der Waals surface area contributed by atoms with Gasteiger partial charge in [-0.15, -0.1) is 0 Å². The zero-order valence-corrected chi connectivity index (χ0v) is 16.0. The van der Waals surface area contributed by atoms with Gasteiger partial charge in [0.25, 0.3) is 0 Å². The summed E-state index contributed by atoms with van der Waals surface area (Å²) in [5.74, 6) is -0.0535. The number of aliphatic hydroxyl groups excluding tert-OH is 2. The Morgan fingerprint density at radius 2 is 1.59 bits per heavy atom. The molecule has 29 heavy (non-hydrogen) atoms. The molecule has 1 fully saturated rings. The highest BCUT2D eigenvalue weighted by Gasteiger charge is 2.46. The van der Waals surface area contributed by atoms with Crippen LogP contribution in [0.1, 0.15) is 23.3 Å². The summed E-state index contributed by atoms with van der Waals surface area (Å²) >= 11 is 0. The molecule has 2 aromatic carbocycles. The number of fused-ring (bicyclic) bond motifs is 1. The van der Waals surface area contributed by atoms with Crippen molar-refractivity contribution >= 4 is 5.97 Å². The Morgan fingerprint density at radius 1 is 0.897 bits per heavy atom. The van der Waals surface area contributed by atoms with Gasteiger partial charge in [0.15, 0.2) is 23.0 Å². The standard InChI is InChI=1S/C21H22O8/c1-25-14-5-3-11(7-16(14)26-2)19(22)13-9-27-21(24)18(13)20(23)12-4-6-15-17(8-12)29-10-28-15/h3-8,13,18-20,22-23H,9-10H2,1-2H3/t13-,18-,19+,20-/m1/s1. The van der Waals surface area contributed by atoms with E-state index in [1.807, 2.05) is 0 Å². The number of hydrogen-bond acceptors (Lipinski definition) is 8. The fraction of sp³-hybridized carbons (Fsp3) is 0.381. The van der Waals surface area contributed by atoms with Gasteiger partial charge in [-0.25, -0.2) is 0 Å². The highest BCUT2D eigenvalue weighted by atomic mass is 16.7. The second-order valence-corrected chi connectivity index (χ2v) is 6.94. The molecule has 4 rings (SSSR count). The maximum Gasteiger partial charge on any atom is 0.312 e. The van der Waals surface area contributed by atoms with Crippen molar-refractivity contribution in [3.05, 3.63) is 47.5 Å². The van der Waals surface area contributed by atoms with Crippen LogP contribution in [0.4, 0.5) is 0 Å². The lowest BCUT2D eigenvalue weighted by atomic mass is 9.81. The molecule has 2 aliphatic heterocycles. The van der Waals surface area contributed by atoms with E-state index in [9.17, 15) is 15.0 Å². The third-order valence-corrected chi connectivity index (χ3v) is 5.38. The van der Waals surface area contributed by atoms with Crippen molar-refractivity contribution < 1.29 is 38.7 Å². The lowest BCUT2D eigenvalue weighted by molar-refractivity contribution is -0.144. The topological polar surface area (TPSA) is 104 Å². The molecule has 2 aliphatic rings. The first-order valence-corrected chi connectivity index (χ1v) is 9.17. The number of ether oxygens (including phenoxy) is 5. The van der Waals surface area contributed by atoms with Gasteiger partial charge in [-0.05, 0) is 35.4 Å². The van der Waals surface area contributed by atoms with E-state index in [0.29, 0.717) is 34.1 Å². The van der Waals surface area contributed by atoms with E-state index in [1.165, 1.54) is 14.2 Å². The summed E-state index contributed by atoms with van der Waals surface area (Å²) in [6.45, 7) is 0.113. The van der Waals surface area contributed by atoms with Gasteiger partial charge in [-0.3, -0.25) is 4.79 Å². The fourth-order valence-electron chi connectivity index (χ4n) is 3.79. The van der Waals surface area contributed by atoms with Crippen molar-refractivity contribution in [3.63, 3.8) is 0 Å². The monoisotopic (exact) mass is 402 g/mol. The minimum Gasteiger partial charge on any atom is -0.493 e. The molecule has 0 bridgehead atoms. The zero-order valence-electron chi connectivity index (χ0n) is 16.0. The van der Waals surface area contributed by atoms with Crippen molar-refractivity contribution in [2.75, 3.05) is 27.6 Å². The summed E-state index contributed by atoms with van der Waals surface area (Å²) in [6.07, 6.45) is -2.21. The Hall–Kier alpha value is -2.97. The third-order valence-electron chi connectivity index (χ3n) is 5.38. The molecular formula is C21H22O8. The molecule has 2 N–H and O–H groups in total. The van der Waals surface area contributed by atoms with Gasteiger partial charge in [0.1, 0.15) is 0 Å². The number of carbonyl (C=O) groups is 1. The number of rotatable bonds is 6. The van der Waals surface area contributed by atoms with Crippen LogP contribution in [-0.4, -0.2) is 43.8 Å². The molecule has 0 saturated carbocycles. The van der Waals surface area contributed by atoms with E-state index in [0.717, 1.165) is 0 Å². The molecule has 0 unspecified atom stereocenters. The lowest BCUT2D eigenvalue weighted by Gasteiger charge is -2.25. The summed E-state index contributed by atoms with van der Waals surface area (Å²) < 4.78 is 26.3. The molecule has 0 radical (unpaired) electrons. The normalized spacial score (nSPS) is 22.1. The van der Waals surface area contributed by atoms with Gasteiger partial charge < -0.3 is 33.9 Å². The highest BCUT2D eigenvalue weighted by Crippen LogP contribution is 2.44. The number of benzene rings is 2. The predicted molar refractivity (Wildman–Crippen MR) is 100.0 cm³/mol. The van der Waals surface area contributed by atoms with Crippen molar-refractivity contribution in [2.45, 2.75) is 12.2 Å². The summed E-state index contributed by atoms with van der Waals surface area (Å²) in [6, 6.07) is 10.0. The minimum absolute atomic E-state index is 0.000618. The molecule has 0 aromatic heterocycles. The quantitative estimate of drug-likeness (QED) is 0.707. The molecule has 0 spiro atoms. The molecule has 8 nitrogen and oxygen atoms in total. The largest absolute Gasteiger partial charge is 0.493 e. The van der Waals surface area contributed by atoms with Crippen LogP contribution in [-0.2, 0) is 9.53 Å². The van der Waals surface area contributed by atoms with E-state index in [-0.39, 0.29) is 13.4 Å². The average Bonchev–Trinajstić information content (AvgIpc) is 3.37. The highest BCUT2D eigenvalue weighted by molar-refractivity contribution is 5.76. The van der Waals surface area contributed by atoms with Gasteiger partial charge >= 0.3 is 5.97 Å². The van der Waals surface area contributed by atoms with Crippen LogP contribution >= 0.6 is 0 Å². The molecule has 0 aliphatic carbocycles. The van der Waals surface area contributed by atoms with Crippen molar-refractivity contribution in [3.8, 4) is 23.0 Å². The second-order valence-electron chi connectivity index (χ2n) is 6.94. The first-order valence-electron chi connectivity index (χ1n) is 9.17. The number of methoxy groups -OCH3 is 2. The number of hydrogen-bond donors (Lipinski definition) is 2. The third kappa shape index (κ3) is 3.45. The molecule has 2 heterocycles. The van der Waals surface area contributed by atoms with E-state index in [2.05, 4.69) is 0 Å². The Kier molecular flexibility index (Phi) is 5.21. The Morgan fingerprint density at radius 3 is 2.34 bits per heavy atom. The van der Waals surface area contributed by atoms with Crippen molar-refractivity contribution in [1.82, 2.24) is 0 Å². The SMILES string of the molecule is COc1ccc([C@H](O)[C@@H]2COC(=O)[C@H]2[C@H](O)c2ccc3c(c2)OCO3)cc1OC. The molecule has 0 amide bonds. The number of cyclic esters (lactones) is 1.